The van der Waals surface area contributed by atoms with E-state index in [-0.39, 0.29) is 11.9 Å². The normalized spacial score (nSPS) is 26.3. The Morgan fingerprint density at radius 2 is 2.38 bits per heavy atom. The first-order chi connectivity index (χ1) is 6.24. The molecule has 0 saturated carbocycles. The number of rotatable bonds is 3. The lowest BCUT2D eigenvalue weighted by atomic mass is 10.1. The molecule has 1 rings (SSSR count). The molecule has 13 heavy (non-hydrogen) atoms. The molecule has 0 aliphatic carbocycles. The number of nitrogens with one attached hydrogen (secondary N) is 2. The Balaban J connectivity index is 2.40. The SMILES string of the molecule is CCC(C)NC1CCCCNC1=O. The zero-order valence-corrected chi connectivity index (χ0v) is 8.60. The molecule has 0 aromatic carbocycles. The Morgan fingerprint density at radius 3 is 3.08 bits per heavy atom. The summed E-state index contributed by atoms with van der Waals surface area (Å²) in [5, 5.41) is 6.27. The second-order valence-electron chi connectivity index (χ2n) is 3.82. The fourth-order valence-electron chi connectivity index (χ4n) is 1.56. The molecule has 1 fully saturated rings. The maximum atomic E-state index is 11.5. The number of carbonyl (C=O) groups excluding carboxylic acids is 1. The highest BCUT2D eigenvalue weighted by Crippen LogP contribution is 2.06. The largest absolute Gasteiger partial charge is 0.355 e. The molecule has 1 aliphatic heterocycles. The summed E-state index contributed by atoms with van der Waals surface area (Å²) in [4.78, 5) is 11.5. The molecule has 2 unspecified atom stereocenters. The summed E-state index contributed by atoms with van der Waals surface area (Å²) in [5.41, 5.74) is 0. The molecule has 0 bridgehead atoms. The molecule has 1 heterocycles. The molecule has 0 aromatic rings. The number of hydrogen-bond acceptors (Lipinski definition) is 2. The minimum Gasteiger partial charge on any atom is -0.355 e. The fourth-order valence-corrected chi connectivity index (χ4v) is 1.56. The van der Waals surface area contributed by atoms with E-state index in [2.05, 4.69) is 24.5 Å². The molecule has 0 aromatic heterocycles. The molecule has 1 saturated heterocycles. The van der Waals surface area contributed by atoms with Gasteiger partial charge < -0.3 is 10.6 Å². The Kier molecular flexibility index (Phi) is 4.22. The van der Waals surface area contributed by atoms with Crippen LogP contribution in [0.2, 0.25) is 0 Å². The Morgan fingerprint density at radius 1 is 1.62 bits per heavy atom. The second kappa shape index (κ2) is 5.22. The lowest BCUT2D eigenvalue weighted by Gasteiger charge is -2.19. The van der Waals surface area contributed by atoms with Crippen LogP contribution in [-0.4, -0.2) is 24.5 Å². The van der Waals surface area contributed by atoms with Crippen LogP contribution in [0.3, 0.4) is 0 Å². The van der Waals surface area contributed by atoms with Crippen LogP contribution in [0.5, 0.6) is 0 Å². The van der Waals surface area contributed by atoms with Crippen LogP contribution < -0.4 is 10.6 Å². The summed E-state index contributed by atoms with van der Waals surface area (Å²) in [6.07, 6.45) is 4.32. The van der Waals surface area contributed by atoms with Crippen LogP contribution in [0.15, 0.2) is 0 Å². The van der Waals surface area contributed by atoms with Gasteiger partial charge >= 0.3 is 0 Å². The third-order valence-corrected chi connectivity index (χ3v) is 2.63. The van der Waals surface area contributed by atoms with E-state index in [1.54, 1.807) is 0 Å². The van der Waals surface area contributed by atoms with Gasteiger partial charge in [0.25, 0.3) is 0 Å². The van der Waals surface area contributed by atoms with Crippen molar-refractivity contribution in [3.8, 4) is 0 Å². The van der Waals surface area contributed by atoms with Crippen molar-refractivity contribution in [2.75, 3.05) is 6.54 Å². The van der Waals surface area contributed by atoms with Crippen LogP contribution in [0.1, 0.15) is 39.5 Å². The number of hydrogen-bond donors (Lipinski definition) is 2. The summed E-state index contributed by atoms with van der Waals surface area (Å²) < 4.78 is 0. The van der Waals surface area contributed by atoms with Gasteiger partial charge in [-0.25, -0.2) is 0 Å². The van der Waals surface area contributed by atoms with Crippen molar-refractivity contribution in [3.05, 3.63) is 0 Å². The van der Waals surface area contributed by atoms with E-state index in [4.69, 9.17) is 0 Å². The highest BCUT2D eigenvalue weighted by atomic mass is 16.2. The Labute approximate surface area is 80.3 Å². The zero-order chi connectivity index (χ0) is 9.68. The van der Waals surface area contributed by atoms with Gasteiger partial charge in [0.2, 0.25) is 5.91 Å². The van der Waals surface area contributed by atoms with Gasteiger partial charge in [-0.05, 0) is 32.6 Å². The van der Waals surface area contributed by atoms with E-state index < -0.39 is 0 Å². The topological polar surface area (TPSA) is 41.1 Å². The summed E-state index contributed by atoms with van der Waals surface area (Å²) in [6, 6.07) is 0.478. The number of carbonyl (C=O) groups is 1. The van der Waals surface area contributed by atoms with Gasteiger partial charge in [0.15, 0.2) is 0 Å². The monoisotopic (exact) mass is 184 g/mol. The van der Waals surface area contributed by atoms with Crippen molar-refractivity contribution in [2.24, 2.45) is 0 Å². The molecular weight excluding hydrogens is 164 g/mol. The molecule has 3 nitrogen and oxygen atoms in total. The summed E-state index contributed by atoms with van der Waals surface area (Å²) in [7, 11) is 0. The molecule has 2 N–H and O–H groups in total. The first-order valence-corrected chi connectivity index (χ1v) is 5.27. The summed E-state index contributed by atoms with van der Waals surface area (Å²) in [6.45, 7) is 5.10. The molecule has 0 radical (unpaired) electrons. The van der Waals surface area contributed by atoms with Crippen LogP contribution in [0.25, 0.3) is 0 Å². The van der Waals surface area contributed by atoms with Crippen molar-refractivity contribution in [1.29, 1.82) is 0 Å². The summed E-state index contributed by atoms with van der Waals surface area (Å²) in [5.74, 6) is 0.179. The van der Waals surface area contributed by atoms with Crippen LogP contribution in [0.4, 0.5) is 0 Å². The highest BCUT2D eigenvalue weighted by Gasteiger charge is 2.20. The first kappa shape index (κ1) is 10.5. The smallest absolute Gasteiger partial charge is 0.237 e. The van der Waals surface area contributed by atoms with Crippen molar-refractivity contribution in [3.63, 3.8) is 0 Å². The quantitative estimate of drug-likeness (QED) is 0.688. The lowest BCUT2D eigenvalue weighted by Crippen LogP contribution is -2.46. The first-order valence-electron chi connectivity index (χ1n) is 5.27. The third-order valence-electron chi connectivity index (χ3n) is 2.63. The fraction of sp³-hybridized carbons (Fsp3) is 0.900. The maximum Gasteiger partial charge on any atom is 0.237 e. The van der Waals surface area contributed by atoms with Gasteiger partial charge in [-0.3, -0.25) is 4.79 Å². The van der Waals surface area contributed by atoms with Crippen LogP contribution >= 0.6 is 0 Å². The van der Waals surface area contributed by atoms with E-state index in [9.17, 15) is 4.79 Å². The van der Waals surface area contributed by atoms with Crippen LogP contribution in [0, 0.1) is 0 Å². The lowest BCUT2D eigenvalue weighted by molar-refractivity contribution is -0.123. The summed E-state index contributed by atoms with van der Waals surface area (Å²) >= 11 is 0. The Hall–Kier alpha value is -0.570. The van der Waals surface area contributed by atoms with Crippen molar-refractivity contribution in [2.45, 2.75) is 51.6 Å². The van der Waals surface area contributed by atoms with Gasteiger partial charge in [0.05, 0.1) is 6.04 Å². The highest BCUT2D eigenvalue weighted by molar-refractivity contribution is 5.81. The minimum atomic E-state index is 0.0393. The van der Waals surface area contributed by atoms with Crippen LogP contribution in [-0.2, 0) is 4.79 Å². The number of amides is 1. The predicted molar refractivity (Wildman–Crippen MR) is 53.5 cm³/mol. The van der Waals surface area contributed by atoms with Crippen molar-refractivity contribution >= 4 is 5.91 Å². The Bertz CT molecular complexity index is 170. The average Bonchev–Trinajstić information content (AvgIpc) is 2.32. The van der Waals surface area contributed by atoms with Gasteiger partial charge in [-0.15, -0.1) is 0 Å². The molecular formula is C10H20N2O. The van der Waals surface area contributed by atoms with Gasteiger partial charge in [0, 0.05) is 12.6 Å². The molecule has 76 valence electrons. The van der Waals surface area contributed by atoms with Crippen molar-refractivity contribution < 1.29 is 4.79 Å². The predicted octanol–water partition coefficient (Wildman–Crippen LogP) is 1.04. The molecule has 2 atom stereocenters. The van der Waals surface area contributed by atoms with E-state index in [1.807, 2.05) is 0 Å². The minimum absolute atomic E-state index is 0.0393. The average molecular weight is 184 g/mol. The van der Waals surface area contributed by atoms with Gasteiger partial charge in [-0.2, -0.15) is 0 Å². The maximum absolute atomic E-state index is 11.5. The van der Waals surface area contributed by atoms with E-state index in [0.29, 0.717) is 6.04 Å². The zero-order valence-electron chi connectivity index (χ0n) is 8.60. The third kappa shape index (κ3) is 3.35. The van der Waals surface area contributed by atoms with Crippen molar-refractivity contribution in [1.82, 2.24) is 10.6 Å². The molecule has 3 heteroatoms. The van der Waals surface area contributed by atoms with Gasteiger partial charge in [-0.1, -0.05) is 6.92 Å². The standard InChI is InChI=1S/C10H20N2O/c1-3-8(2)12-9-6-4-5-7-11-10(9)13/h8-9,12H,3-7H2,1-2H3,(H,11,13). The molecule has 1 aliphatic rings. The van der Waals surface area contributed by atoms with Gasteiger partial charge in [0.1, 0.15) is 0 Å². The second-order valence-corrected chi connectivity index (χ2v) is 3.82. The molecule has 1 amide bonds. The van der Waals surface area contributed by atoms with E-state index in [1.165, 1.54) is 0 Å². The van der Waals surface area contributed by atoms with E-state index >= 15 is 0 Å². The molecule has 0 spiro atoms. The van der Waals surface area contributed by atoms with E-state index in [0.717, 1.165) is 32.2 Å².